The van der Waals surface area contributed by atoms with E-state index >= 15 is 0 Å². The minimum Gasteiger partial charge on any atom is -0.496 e. The molecule has 2 fully saturated rings. The van der Waals surface area contributed by atoms with Crippen LogP contribution in [0.3, 0.4) is 0 Å². The number of carbonyl (C=O) groups is 1. The number of hydrogen-bond donors (Lipinski definition) is 2. The number of nitrogens with two attached hydrogens (primary N) is 1. The minimum atomic E-state index is -0.0328. The quantitative estimate of drug-likeness (QED) is 0.890. The van der Waals surface area contributed by atoms with Crippen molar-refractivity contribution >= 4 is 27.5 Å². The maximum absolute atomic E-state index is 12.4. The lowest BCUT2D eigenvalue weighted by atomic mass is 9.84. The number of amides is 1. The van der Waals surface area contributed by atoms with E-state index in [0.29, 0.717) is 11.8 Å². The van der Waals surface area contributed by atoms with E-state index < -0.39 is 0 Å². The average Bonchev–Trinajstić information content (AvgIpc) is 2.99. The average molecular weight is 339 g/mol. The van der Waals surface area contributed by atoms with E-state index in [1.165, 1.54) is 6.42 Å². The highest BCUT2D eigenvalue weighted by atomic mass is 79.9. The van der Waals surface area contributed by atoms with E-state index in [2.05, 4.69) is 21.2 Å². The standard InChI is InChI=1S/C15H19BrN2O2/c1-20-12-5-4-10(7-11(12)16)18-15(19)13-8-2-3-9(6-8)14(13)17/h4-5,7-9,13-14H,2-3,6,17H2,1H3,(H,18,19). The number of fused-ring (bicyclic) bond motifs is 2. The molecule has 108 valence electrons. The number of benzene rings is 1. The zero-order valence-corrected chi connectivity index (χ0v) is 13.0. The van der Waals surface area contributed by atoms with Gasteiger partial charge in [0.1, 0.15) is 5.75 Å². The molecule has 2 aliphatic rings. The van der Waals surface area contributed by atoms with Gasteiger partial charge in [-0.3, -0.25) is 4.79 Å². The van der Waals surface area contributed by atoms with Crippen LogP contribution in [0.2, 0.25) is 0 Å². The summed E-state index contributed by atoms with van der Waals surface area (Å²) in [6, 6.07) is 5.56. The maximum Gasteiger partial charge on any atom is 0.229 e. The zero-order chi connectivity index (χ0) is 14.3. The van der Waals surface area contributed by atoms with E-state index in [4.69, 9.17) is 10.5 Å². The summed E-state index contributed by atoms with van der Waals surface area (Å²) < 4.78 is 6.01. The third-order valence-corrected chi connectivity index (χ3v) is 5.32. The summed E-state index contributed by atoms with van der Waals surface area (Å²) in [4.78, 5) is 12.4. The van der Waals surface area contributed by atoms with Crippen molar-refractivity contribution in [2.45, 2.75) is 25.3 Å². The molecule has 0 aliphatic heterocycles. The van der Waals surface area contributed by atoms with Gasteiger partial charge in [-0.2, -0.15) is 0 Å². The van der Waals surface area contributed by atoms with Crippen LogP contribution < -0.4 is 15.8 Å². The molecule has 1 amide bonds. The molecular weight excluding hydrogens is 320 g/mol. The van der Waals surface area contributed by atoms with Crippen molar-refractivity contribution in [3.8, 4) is 5.75 Å². The van der Waals surface area contributed by atoms with Crippen molar-refractivity contribution in [3.05, 3.63) is 22.7 Å². The van der Waals surface area contributed by atoms with Crippen LogP contribution in [0.25, 0.3) is 0 Å². The number of hydrogen-bond acceptors (Lipinski definition) is 3. The lowest BCUT2D eigenvalue weighted by Gasteiger charge is -2.27. The van der Waals surface area contributed by atoms with Crippen molar-refractivity contribution in [2.75, 3.05) is 12.4 Å². The van der Waals surface area contributed by atoms with Gasteiger partial charge in [0.15, 0.2) is 0 Å². The molecule has 2 saturated carbocycles. The lowest BCUT2D eigenvalue weighted by Crippen LogP contribution is -2.42. The third kappa shape index (κ3) is 2.33. The van der Waals surface area contributed by atoms with Gasteiger partial charge in [-0.1, -0.05) is 0 Å². The van der Waals surface area contributed by atoms with Crippen molar-refractivity contribution in [2.24, 2.45) is 23.5 Å². The van der Waals surface area contributed by atoms with Crippen LogP contribution in [-0.4, -0.2) is 19.1 Å². The molecular formula is C15H19BrN2O2. The molecule has 0 saturated heterocycles. The summed E-state index contributed by atoms with van der Waals surface area (Å²) in [5, 5.41) is 2.99. The number of halogens is 1. The first kappa shape index (κ1) is 13.9. The van der Waals surface area contributed by atoms with Gasteiger partial charge in [0.05, 0.1) is 17.5 Å². The van der Waals surface area contributed by atoms with Crippen LogP contribution in [0.4, 0.5) is 5.69 Å². The van der Waals surface area contributed by atoms with Gasteiger partial charge in [-0.25, -0.2) is 0 Å². The van der Waals surface area contributed by atoms with E-state index in [0.717, 1.165) is 28.8 Å². The van der Waals surface area contributed by atoms with Gasteiger partial charge in [-0.15, -0.1) is 0 Å². The first-order valence-corrected chi connectivity index (χ1v) is 7.79. The topological polar surface area (TPSA) is 64.3 Å². The summed E-state index contributed by atoms with van der Waals surface area (Å²) in [6.45, 7) is 0. The van der Waals surface area contributed by atoms with Crippen molar-refractivity contribution in [1.82, 2.24) is 0 Å². The molecule has 3 N–H and O–H groups in total. The number of anilines is 1. The minimum absolute atomic E-state index is 0.0236. The van der Waals surface area contributed by atoms with Crippen molar-refractivity contribution in [3.63, 3.8) is 0 Å². The maximum atomic E-state index is 12.4. The smallest absolute Gasteiger partial charge is 0.229 e. The Morgan fingerprint density at radius 3 is 2.75 bits per heavy atom. The highest BCUT2D eigenvalue weighted by Crippen LogP contribution is 2.48. The van der Waals surface area contributed by atoms with Gasteiger partial charge >= 0.3 is 0 Å². The Hall–Kier alpha value is -1.07. The van der Waals surface area contributed by atoms with Crippen LogP contribution in [0.15, 0.2) is 22.7 Å². The number of rotatable bonds is 3. The number of nitrogens with one attached hydrogen (secondary N) is 1. The number of ether oxygens (including phenoxy) is 1. The van der Waals surface area contributed by atoms with E-state index in [-0.39, 0.29) is 17.9 Å². The predicted molar refractivity (Wildman–Crippen MR) is 81.6 cm³/mol. The Morgan fingerprint density at radius 2 is 2.15 bits per heavy atom. The molecule has 2 bridgehead atoms. The second-order valence-corrected chi connectivity index (χ2v) is 6.63. The van der Waals surface area contributed by atoms with Gasteiger partial charge in [-0.05, 0) is 65.2 Å². The molecule has 2 aliphatic carbocycles. The normalized spacial score (nSPS) is 31.4. The molecule has 0 spiro atoms. The van der Waals surface area contributed by atoms with Crippen molar-refractivity contribution in [1.29, 1.82) is 0 Å². The van der Waals surface area contributed by atoms with Crippen LogP contribution in [-0.2, 0) is 4.79 Å². The van der Waals surface area contributed by atoms with Crippen LogP contribution in [0.5, 0.6) is 5.75 Å². The zero-order valence-electron chi connectivity index (χ0n) is 11.4. The Bertz CT molecular complexity index is 533. The molecule has 0 radical (unpaired) electrons. The highest BCUT2D eigenvalue weighted by molar-refractivity contribution is 9.10. The fraction of sp³-hybridized carbons (Fsp3) is 0.533. The van der Waals surface area contributed by atoms with Gasteiger partial charge in [0.25, 0.3) is 0 Å². The molecule has 5 heteroatoms. The summed E-state index contributed by atoms with van der Waals surface area (Å²) in [5.74, 6) is 1.78. The predicted octanol–water partition coefficient (Wildman–Crippen LogP) is 2.77. The van der Waals surface area contributed by atoms with Crippen LogP contribution in [0, 0.1) is 17.8 Å². The molecule has 4 atom stereocenters. The number of methoxy groups -OCH3 is 1. The first-order valence-electron chi connectivity index (χ1n) is 7.00. The Morgan fingerprint density at radius 1 is 1.40 bits per heavy atom. The third-order valence-electron chi connectivity index (χ3n) is 4.70. The first-order chi connectivity index (χ1) is 9.60. The molecule has 4 nitrogen and oxygen atoms in total. The van der Waals surface area contributed by atoms with Crippen LogP contribution >= 0.6 is 15.9 Å². The molecule has 1 aromatic rings. The van der Waals surface area contributed by atoms with E-state index in [9.17, 15) is 4.79 Å². The fourth-order valence-corrected chi connectivity index (χ4v) is 4.24. The summed E-state index contributed by atoms with van der Waals surface area (Å²) in [6.07, 6.45) is 3.44. The Labute approximate surface area is 127 Å². The molecule has 1 aromatic carbocycles. The number of carbonyl (C=O) groups excluding carboxylic acids is 1. The lowest BCUT2D eigenvalue weighted by molar-refractivity contribution is -0.121. The van der Waals surface area contributed by atoms with Gasteiger partial charge in [0.2, 0.25) is 5.91 Å². The van der Waals surface area contributed by atoms with E-state index in [1.807, 2.05) is 18.2 Å². The second kappa shape index (κ2) is 5.37. The summed E-state index contributed by atoms with van der Waals surface area (Å²) in [7, 11) is 1.62. The Kier molecular flexibility index (Phi) is 3.73. The fourth-order valence-electron chi connectivity index (χ4n) is 3.69. The molecule has 3 rings (SSSR count). The largest absolute Gasteiger partial charge is 0.496 e. The SMILES string of the molecule is COc1ccc(NC(=O)C2C3CCC(C3)C2N)cc1Br. The highest BCUT2D eigenvalue weighted by Gasteiger charge is 2.49. The van der Waals surface area contributed by atoms with Gasteiger partial charge in [0, 0.05) is 11.7 Å². The van der Waals surface area contributed by atoms with Crippen molar-refractivity contribution < 1.29 is 9.53 Å². The summed E-state index contributed by atoms with van der Waals surface area (Å²) >= 11 is 3.42. The van der Waals surface area contributed by atoms with Crippen LogP contribution in [0.1, 0.15) is 19.3 Å². The Balaban J connectivity index is 1.72. The monoisotopic (exact) mass is 338 g/mol. The molecule has 4 unspecified atom stereocenters. The van der Waals surface area contributed by atoms with E-state index in [1.54, 1.807) is 7.11 Å². The second-order valence-electron chi connectivity index (χ2n) is 5.77. The molecule has 0 aromatic heterocycles. The summed E-state index contributed by atoms with van der Waals surface area (Å²) in [5.41, 5.74) is 6.98. The molecule has 0 heterocycles. The molecule has 20 heavy (non-hydrogen) atoms. The van der Waals surface area contributed by atoms with Gasteiger partial charge < -0.3 is 15.8 Å².